The summed E-state index contributed by atoms with van der Waals surface area (Å²) in [6.45, 7) is 1.72. The van der Waals surface area contributed by atoms with Gasteiger partial charge in [0.15, 0.2) is 11.5 Å². The lowest BCUT2D eigenvalue weighted by Crippen LogP contribution is -2.42. The minimum atomic E-state index is -3.66. The molecule has 2 aromatic carbocycles. The number of ether oxygens (including phenoxy) is 3. The number of halogens is 1. The van der Waals surface area contributed by atoms with Crippen molar-refractivity contribution in [2.75, 3.05) is 32.9 Å². The predicted octanol–water partition coefficient (Wildman–Crippen LogP) is 2.87. The van der Waals surface area contributed by atoms with E-state index in [-0.39, 0.29) is 17.5 Å². The van der Waals surface area contributed by atoms with Crippen LogP contribution in [0.3, 0.4) is 0 Å². The highest BCUT2D eigenvalue weighted by Gasteiger charge is 2.32. The molecule has 0 saturated carbocycles. The van der Waals surface area contributed by atoms with Crippen molar-refractivity contribution in [2.45, 2.75) is 11.0 Å². The predicted molar refractivity (Wildman–Crippen MR) is 96.3 cm³/mol. The summed E-state index contributed by atoms with van der Waals surface area (Å²) in [5.74, 6) is 1.02. The van der Waals surface area contributed by atoms with Crippen LogP contribution in [0.15, 0.2) is 47.4 Å². The Kier molecular flexibility index (Phi) is 4.79. The average molecular weight is 396 g/mol. The van der Waals surface area contributed by atoms with Gasteiger partial charge in [-0.05, 0) is 29.8 Å². The summed E-state index contributed by atoms with van der Waals surface area (Å²) >= 11 is 6.04. The summed E-state index contributed by atoms with van der Waals surface area (Å²) in [5.41, 5.74) is 0.861. The van der Waals surface area contributed by atoms with Gasteiger partial charge in [-0.3, -0.25) is 0 Å². The van der Waals surface area contributed by atoms with E-state index in [1.165, 1.54) is 10.4 Å². The largest absolute Gasteiger partial charge is 0.486 e. The number of rotatable bonds is 3. The van der Waals surface area contributed by atoms with Crippen LogP contribution in [0.25, 0.3) is 0 Å². The molecule has 0 aliphatic carbocycles. The van der Waals surface area contributed by atoms with Crippen LogP contribution in [-0.2, 0) is 14.8 Å². The van der Waals surface area contributed by atoms with E-state index >= 15 is 0 Å². The second-order valence-corrected chi connectivity index (χ2v) is 8.46. The lowest BCUT2D eigenvalue weighted by Gasteiger charge is -2.32. The van der Waals surface area contributed by atoms with E-state index in [1.807, 2.05) is 12.1 Å². The first kappa shape index (κ1) is 17.6. The van der Waals surface area contributed by atoms with Gasteiger partial charge in [0.1, 0.15) is 13.2 Å². The maximum absolute atomic E-state index is 13.1. The minimum absolute atomic E-state index is 0.188. The Labute approximate surface area is 157 Å². The quantitative estimate of drug-likeness (QED) is 0.799. The fourth-order valence-electron chi connectivity index (χ4n) is 3.09. The average Bonchev–Trinajstić information content (AvgIpc) is 2.67. The van der Waals surface area contributed by atoms with E-state index in [1.54, 1.807) is 24.3 Å². The molecule has 0 bridgehead atoms. The van der Waals surface area contributed by atoms with Crippen molar-refractivity contribution in [3.05, 3.63) is 53.1 Å². The third kappa shape index (κ3) is 3.40. The first-order valence-corrected chi connectivity index (χ1v) is 10.1. The van der Waals surface area contributed by atoms with Crippen LogP contribution >= 0.6 is 11.6 Å². The van der Waals surface area contributed by atoms with Gasteiger partial charge < -0.3 is 14.2 Å². The van der Waals surface area contributed by atoms with Crippen LogP contribution in [-0.4, -0.2) is 45.6 Å². The van der Waals surface area contributed by atoms with Gasteiger partial charge in [-0.1, -0.05) is 23.7 Å². The Morgan fingerprint density at radius 2 is 1.81 bits per heavy atom. The first-order chi connectivity index (χ1) is 12.5. The highest BCUT2D eigenvalue weighted by atomic mass is 35.5. The number of sulfonamides is 1. The summed E-state index contributed by atoms with van der Waals surface area (Å²) in [7, 11) is -3.66. The number of hydrogen-bond acceptors (Lipinski definition) is 5. The molecule has 0 radical (unpaired) electrons. The highest BCUT2D eigenvalue weighted by Crippen LogP contribution is 2.34. The Hall–Kier alpha value is -1.80. The Bertz CT molecular complexity index is 918. The van der Waals surface area contributed by atoms with Gasteiger partial charge in [0.25, 0.3) is 0 Å². The van der Waals surface area contributed by atoms with Crippen molar-refractivity contribution < 1.29 is 22.6 Å². The van der Waals surface area contributed by atoms with Gasteiger partial charge in [-0.15, -0.1) is 0 Å². The molecule has 138 valence electrons. The normalized spacial score (nSPS) is 20.7. The number of nitrogens with zero attached hydrogens (tertiary/aromatic N) is 1. The number of morpholine rings is 1. The maximum atomic E-state index is 13.1. The van der Waals surface area contributed by atoms with Crippen molar-refractivity contribution in [2.24, 2.45) is 0 Å². The molecule has 1 atom stereocenters. The zero-order valence-corrected chi connectivity index (χ0v) is 15.5. The smallest absolute Gasteiger partial charge is 0.243 e. The summed E-state index contributed by atoms with van der Waals surface area (Å²) < 4.78 is 44.3. The van der Waals surface area contributed by atoms with E-state index in [2.05, 4.69) is 0 Å². The molecule has 6 nitrogen and oxygen atoms in total. The molecule has 4 rings (SSSR count). The molecular formula is C18H18ClNO5S. The van der Waals surface area contributed by atoms with Crippen molar-refractivity contribution in [3.8, 4) is 11.5 Å². The van der Waals surface area contributed by atoms with E-state index in [0.717, 1.165) is 5.56 Å². The Morgan fingerprint density at radius 3 is 2.62 bits per heavy atom. The summed E-state index contributed by atoms with van der Waals surface area (Å²) in [6.07, 6.45) is -0.352. The second kappa shape index (κ2) is 7.08. The van der Waals surface area contributed by atoms with Crippen LogP contribution in [0.2, 0.25) is 5.02 Å². The first-order valence-electron chi connectivity index (χ1n) is 8.31. The number of fused-ring (bicyclic) bond motifs is 1. The summed E-state index contributed by atoms with van der Waals surface area (Å²) in [5, 5.41) is 0.595. The Morgan fingerprint density at radius 1 is 1.00 bits per heavy atom. The fraction of sp³-hybridized carbons (Fsp3) is 0.333. The van der Waals surface area contributed by atoms with Gasteiger partial charge in [-0.2, -0.15) is 4.31 Å². The molecule has 8 heteroatoms. The molecule has 1 fully saturated rings. The lowest BCUT2D eigenvalue weighted by atomic mass is 10.1. The van der Waals surface area contributed by atoms with Crippen molar-refractivity contribution in [3.63, 3.8) is 0 Å². The van der Waals surface area contributed by atoms with Gasteiger partial charge in [-0.25, -0.2) is 8.42 Å². The third-order valence-electron chi connectivity index (χ3n) is 4.40. The van der Waals surface area contributed by atoms with E-state index < -0.39 is 10.0 Å². The number of benzene rings is 2. The maximum Gasteiger partial charge on any atom is 0.243 e. The molecule has 1 saturated heterocycles. The molecular weight excluding hydrogens is 378 g/mol. The molecule has 26 heavy (non-hydrogen) atoms. The van der Waals surface area contributed by atoms with E-state index in [4.69, 9.17) is 25.8 Å². The van der Waals surface area contributed by atoms with Crippen LogP contribution < -0.4 is 9.47 Å². The molecule has 2 aliphatic heterocycles. The van der Waals surface area contributed by atoms with Gasteiger partial charge >= 0.3 is 0 Å². The molecule has 0 spiro atoms. The van der Waals surface area contributed by atoms with Gasteiger partial charge in [0.2, 0.25) is 10.0 Å². The monoisotopic (exact) mass is 395 g/mol. The minimum Gasteiger partial charge on any atom is -0.486 e. The van der Waals surface area contributed by atoms with Crippen molar-refractivity contribution in [1.82, 2.24) is 4.31 Å². The van der Waals surface area contributed by atoms with Crippen LogP contribution in [0, 0.1) is 0 Å². The second-order valence-electron chi connectivity index (χ2n) is 6.08. The Balaban J connectivity index is 1.59. The molecule has 0 N–H and O–H groups in total. The van der Waals surface area contributed by atoms with Gasteiger partial charge in [0.05, 0.1) is 17.6 Å². The van der Waals surface area contributed by atoms with Crippen molar-refractivity contribution in [1.29, 1.82) is 0 Å². The molecule has 2 aliphatic rings. The van der Waals surface area contributed by atoms with E-state index in [0.29, 0.717) is 42.9 Å². The summed E-state index contributed by atoms with van der Waals surface area (Å²) in [4.78, 5) is 0.188. The van der Waals surface area contributed by atoms with Crippen LogP contribution in [0.5, 0.6) is 11.5 Å². The summed E-state index contributed by atoms with van der Waals surface area (Å²) in [6, 6.07) is 12.0. The molecule has 1 unspecified atom stereocenters. The molecule has 0 aromatic heterocycles. The van der Waals surface area contributed by atoms with Crippen molar-refractivity contribution >= 4 is 21.6 Å². The topological polar surface area (TPSA) is 65.1 Å². The zero-order valence-electron chi connectivity index (χ0n) is 13.9. The fourth-order valence-corrected chi connectivity index (χ4v) is 4.73. The highest BCUT2D eigenvalue weighted by molar-refractivity contribution is 7.89. The molecule has 2 aromatic rings. The zero-order chi connectivity index (χ0) is 18.1. The SMILES string of the molecule is O=S(=O)(c1ccc2c(c1)OCCO2)N1CCOC(c2cccc(Cl)c2)C1. The van der Waals surface area contributed by atoms with E-state index in [9.17, 15) is 8.42 Å². The van der Waals surface area contributed by atoms with Gasteiger partial charge in [0, 0.05) is 24.2 Å². The standard InChI is InChI=1S/C18H18ClNO5S/c19-14-3-1-2-13(10-14)18-12-20(6-7-23-18)26(21,22)15-4-5-16-17(11-15)25-9-8-24-16/h1-5,10-11,18H,6-9,12H2. The number of hydrogen-bond donors (Lipinski definition) is 0. The third-order valence-corrected chi connectivity index (χ3v) is 6.50. The molecule has 2 heterocycles. The van der Waals surface area contributed by atoms with Crippen LogP contribution in [0.1, 0.15) is 11.7 Å². The van der Waals surface area contributed by atoms with Crippen LogP contribution in [0.4, 0.5) is 0 Å². The molecule has 0 amide bonds. The lowest BCUT2D eigenvalue weighted by molar-refractivity contribution is -0.00255.